The zero-order chi connectivity index (χ0) is 15.7. The van der Waals surface area contributed by atoms with Crippen LogP contribution >= 0.6 is 15.9 Å². The van der Waals surface area contributed by atoms with Crippen LogP contribution in [0.2, 0.25) is 0 Å². The number of benzene rings is 1. The lowest BCUT2D eigenvalue weighted by Crippen LogP contribution is -2.24. The lowest BCUT2D eigenvalue weighted by Gasteiger charge is -2.16. The van der Waals surface area contributed by atoms with Crippen molar-refractivity contribution in [3.63, 3.8) is 0 Å². The van der Waals surface area contributed by atoms with Gasteiger partial charge in [-0.3, -0.25) is 0 Å². The molecule has 5 heteroatoms. The number of halogens is 1. The molecular weight excluding hydrogens is 334 g/mol. The molecule has 0 bridgehead atoms. The van der Waals surface area contributed by atoms with Crippen molar-refractivity contribution in [1.29, 1.82) is 0 Å². The van der Waals surface area contributed by atoms with E-state index in [1.54, 1.807) is 0 Å². The molecule has 0 radical (unpaired) electrons. The van der Waals surface area contributed by atoms with Crippen molar-refractivity contribution >= 4 is 15.9 Å². The van der Waals surface area contributed by atoms with Gasteiger partial charge in [-0.05, 0) is 37.6 Å². The van der Waals surface area contributed by atoms with Crippen LogP contribution in [-0.2, 0) is 11.3 Å². The second kappa shape index (κ2) is 10.2. The van der Waals surface area contributed by atoms with Crippen LogP contribution in [0.5, 0.6) is 5.75 Å². The Bertz CT molecular complexity index is 413. The molecule has 1 aromatic carbocycles. The molecule has 1 rings (SSSR count). The number of aliphatic hydroxyl groups is 1. The van der Waals surface area contributed by atoms with Crippen molar-refractivity contribution in [2.24, 2.45) is 5.92 Å². The fourth-order valence-corrected chi connectivity index (χ4v) is 2.22. The molecule has 0 spiro atoms. The van der Waals surface area contributed by atoms with Crippen molar-refractivity contribution in [3.8, 4) is 5.75 Å². The maximum absolute atomic E-state index is 9.76. The van der Waals surface area contributed by atoms with Gasteiger partial charge < -0.3 is 19.9 Å². The zero-order valence-corrected chi connectivity index (χ0v) is 14.6. The Kier molecular flexibility index (Phi) is 8.92. The van der Waals surface area contributed by atoms with E-state index in [4.69, 9.17) is 9.47 Å². The van der Waals surface area contributed by atoms with Crippen LogP contribution in [-0.4, -0.2) is 37.6 Å². The van der Waals surface area contributed by atoms with E-state index >= 15 is 0 Å². The SMILES string of the molecule is CCOCC(O)COc1ccc(Br)cc1CNCC(C)C. The van der Waals surface area contributed by atoms with Gasteiger partial charge in [-0.1, -0.05) is 29.8 Å². The van der Waals surface area contributed by atoms with E-state index in [2.05, 4.69) is 35.1 Å². The van der Waals surface area contributed by atoms with E-state index in [1.807, 2.05) is 25.1 Å². The first kappa shape index (κ1) is 18.4. The molecule has 0 aliphatic heterocycles. The van der Waals surface area contributed by atoms with Gasteiger partial charge in [-0.25, -0.2) is 0 Å². The lowest BCUT2D eigenvalue weighted by atomic mass is 10.2. The summed E-state index contributed by atoms with van der Waals surface area (Å²) in [6.07, 6.45) is -0.606. The van der Waals surface area contributed by atoms with Gasteiger partial charge in [0.05, 0.1) is 6.61 Å². The van der Waals surface area contributed by atoms with Gasteiger partial charge in [0, 0.05) is 23.2 Å². The Morgan fingerprint density at radius 1 is 1.29 bits per heavy atom. The monoisotopic (exact) mass is 359 g/mol. The van der Waals surface area contributed by atoms with Gasteiger partial charge in [-0.15, -0.1) is 0 Å². The van der Waals surface area contributed by atoms with E-state index in [9.17, 15) is 5.11 Å². The van der Waals surface area contributed by atoms with Crippen LogP contribution in [0, 0.1) is 5.92 Å². The predicted molar refractivity (Wildman–Crippen MR) is 88.7 cm³/mol. The fraction of sp³-hybridized carbons (Fsp3) is 0.625. The summed E-state index contributed by atoms with van der Waals surface area (Å²) in [6.45, 7) is 9.09. The van der Waals surface area contributed by atoms with Crippen molar-refractivity contribution in [1.82, 2.24) is 5.32 Å². The molecule has 0 aliphatic carbocycles. The molecule has 0 amide bonds. The summed E-state index contributed by atoms with van der Waals surface area (Å²) in [4.78, 5) is 0. The quantitative estimate of drug-likeness (QED) is 0.674. The summed E-state index contributed by atoms with van der Waals surface area (Å²) in [5.74, 6) is 1.40. The summed E-state index contributed by atoms with van der Waals surface area (Å²) in [5.41, 5.74) is 1.08. The van der Waals surface area contributed by atoms with Gasteiger partial charge in [0.1, 0.15) is 18.5 Å². The lowest BCUT2D eigenvalue weighted by molar-refractivity contribution is 0.0162. The van der Waals surface area contributed by atoms with Gasteiger partial charge in [0.15, 0.2) is 0 Å². The standard InChI is InChI=1S/C16H26BrNO3/c1-4-20-10-15(19)11-21-16-6-5-14(17)7-13(16)9-18-8-12(2)3/h5-7,12,15,18-19H,4,8-11H2,1-3H3. The third-order valence-corrected chi connectivity index (χ3v) is 3.33. The summed E-state index contributed by atoms with van der Waals surface area (Å²) in [7, 11) is 0. The van der Waals surface area contributed by atoms with E-state index < -0.39 is 6.10 Å². The number of hydrogen-bond acceptors (Lipinski definition) is 4. The van der Waals surface area contributed by atoms with E-state index in [0.717, 1.165) is 28.9 Å². The number of nitrogens with one attached hydrogen (secondary N) is 1. The zero-order valence-electron chi connectivity index (χ0n) is 13.1. The minimum atomic E-state index is -0.606. The number of ether oxygens (including phenoxy) is 2. The minimum absolute atomic E-state index is 0.235. The van der Waals surface area contributed by atoms with Crippen LogP contribution in [0.3, 0.4) is 0 Å². The fourth-order valence-electron chi connectivity index (χ4n) is 1.81. The molecule has 0 fully saturated rings. The molecule has 2 N–H and O–H groups in total. The summed E-state index contributed by atoms with van der Waals surface area (Å²) in [6, 6.07) is 5.90. The molecule has 120 valence electrons. The van der Waals surface area contributed by atoms with Crippen molar-refractivity contribution in [2.45, 2.75) is 33.4 Å². The molecule has 0 aliphatic rings. The molecule has 1 aromatic rings. The Hall–Kier alpha value is -0.620. The topological polar surface area (TPSA) is 50.7 Å². The molecule has 0 saturated heterocycles. The van der Waals surface area contributed by atoms with E-state index in [1.165, 1.54) is 0 Å². The first-order chi connectivity index (χ1) is 10.0. The highest BCUT2D eigenvalue weighted by Crippen LogP contribution is 2.23. The molecule has 4 nitrogen and oxygen atoms in total. The van der Waals surface area contributed by atoms with Crippen LogP contribution in [0.25, 0.3) is 0 Å². The molecule has 0 aromatic heterocycles. The Balaban J connectivity index is 2.55. The largest absolute Gasteiger partial charge is 0.490 e. The summed E-state index contributed by atoms with van der Waals surface area (Å²) < 4.78 is 11.9. The van der Waals surface area contributed by atoms with Crippen molar-refractivity contribution in [3.05, 3.63) is 28.2 Å². The first-order valence-electron chi connectivity index (χ1n) is 7.40. The number of hydrogen-bond donors (Lipinski definition) is 2. The molecular formula is C16H26BrNO3. The molecule has 1 atom stereocenters. The minimum Gasteiger partial charge on any atom is -0.490 e. The van der Waals surface area contributed by atoms with Gasteiger partial charge in [0.2, 0.25) is 0 Å². The summed E-state index contributed by atoms with van der Waals surface area (Å²) >= 11 is 3.48. The van der Waals surface area contributed by atoms with E-state index in [-0.39, 0.29) is 6.61 Å². The second-order valence-electron chi connectivity index (χ2n) is 5.40. The van der Waals surface area contributed by atoms with Gasteiger partial charge >= 0.3 is 0 Å². The average Bonchev–Trinajstić information content (AvgIpc) is 2.43. The highest BCUT2D eigenvalue weighted by molar-refractivity contribution is 9.10. The normalized spacial score (nSPS) is 12.7. The maximum Gasteiger partial charge on any atom is 0.124 e. The summed E-state index contributed by atoms with van der Waals surface area (Å²) in [5, 5.41) is 13.2. The number of aliphatic hydroxyl groups excluding tert-OH is 1. The van der Waals surface area contributed by atoms with Crippen molar-refractivity contribution in [2.75, 3.05) is 26.4 Å². The predicted octanol–water partition coefficient (Wildman–Crippen LogP) is 2.97. The molecule has 1 unspecified atom stereocenters. The van der Waals surface area contributed by atoms with Crippen LogP contribution in [0.1, 0.15) is 26.3 Å². The Morgan fingerprint density at radius 3 is 2.71 bits per heavy atom. The van der Waals surface area contributed by atoms with Crippen LogP contribution < -0.4 is 10.1 Å². The first-order valence-corrected chi connectivity index (χ1v) is 8.20. The maximum atomic E-state index is 9.76. The molecule has 0 saturated carbocycles. The smallest absolute Gasteiger partial charge is 0.124 e. The van der Waals surface area contributed by atoms with Crippen LogP contribution in [0.4, 0.5) is 0 Å². The second-order valence-corrected chi connectivity index (χ2v) is 6.32. The third-order valence-electron chi connectivity index (χ3n) is 2.84. The van der Waals surface area contributed by atoms with Gasteiger partial charge in [-0.2, -0.15) is 0 Å². The molecule has 0 heterocycles. The Morgan fingerprint density at radius 2 is 2.05 bits per heavy atom. The van der Waals surface area contributed by atoms with E-state index in [0.29, 0.717) is 19.1 Å². The highest BCUT2D eigenvalue weighted by Gasteiger charge is 2.09. The van der Waals surface area contributed by atoms with Gasteiger partial charge in [0.25, 0.3) is 0 Å². The Labute approximate surface area is 136 Å². The third kappa shape index (κ3) is 7.81. The highest BCUT2D eigenvalue weighted by atomic mass is 79.9. The average molecular weight is 360 g/mol. The molecule has 21 heavy (non-hydrogen) atoms. The van der Waals surface area contributed by atoms with Crippen molar-refractivity contribution < 1.29 is 14.6 Å². The van der Waals surface area contributed by atoms with Crippen LogP contribution in [0.15, 0.2) is 22.7 Å². The number of rotatable bonds is 10.